The summed E-state index contributed by atoms with van der Waals surface area (Å²) >= 11 is 3.64. The number of halogens is 1. The zero-order valence-corrected chi connectivity index (χ0v) is 16.0. The van der Waals surface area contributed by atoms with Gasteiger partial charge in [-0.15, -0.1) is 0 Å². The van der Waals surface area contributed by atoms with Gasteiger partial charge in [0.05, 0.1) is 19.8 Å². The van der Waals surface area contributed by atoms with Gasteiger partial charge in [0.2, 0.25) is 0 Å². The Hall–Kier alpha value is -0.460. The van der Waals surface area contributed by atoms with Crippen molar-refractivity contribution in [1.29, 1.82) is 0 Å². The number of benzene rings is 1. The summed E-state index contributed by atoms with van der Waals surface area (Å²) in [7, 11) is 0. The van der Waals surface area contributed by atoms with Crippen molar-refractivity contribution in [2.24, 2.45) is 0 Å². The first-order chi connectivity index (χ1) is 11.7. The second-order valence-electron chi connectivity index (χ2n) is 6.71. The fourth-order valence-corrected chi connectivity index (χ4v) is 3.69. The molecule has 2 saturated heterocycles. The number of hydrogen-bond donors (Lipinski definition) is 0. The van der Waals surface area contributed by atoms with Crippen LogP contribution in [0, 0.1) is 0 Å². The van der Waals surface area contributed by atoms with Crippen molar-refractivity contribution >= 4 is 15.9 Å². The summed E-state index contributed by atoms with van der Waals surface area (Å²) in [6, 6.07) is 6.17. The van der Waals surface area contributed by atoms with E-state index >= 15 is 0 Å². The Morgan fingerprint density at radius 1 is 1.17 bits per heavy atom. The molecular formula is C19H27BrO4. The largest absolute Gasteiger partial charge is 0.353 e. The van der Waals surface area contributed by atoms with Crippen molar-refractivity contribution in [2.45, 2.75) is 70.7 Å². The van der Waals surface area contributed by atoms with Gasteiger partial charge >= 0.3 is 0 Å². The predicted octanol–water partition coefficient (Wildman–Crippen LogP) is 4.93. The lowest BCUT2D eigenvalue weighted by Crippen LogP contribution is -2.35. The monoisotopic (exact) mass is 398 g/mol. The van der Waals surface area contributed by atoms with Crippen LogP contribution in [0.5, 0.6) is 0 Å². The second kappa shape index (κ2) is 8.77. The number of ether oxygens (including phenoxy) is 4. The number of rotatable bonds is 6. The van der Waals surface area contributed by atoms with Crippen LogP contribution in [0.1, 0.15) is 56.6 Å². The van der Waals surface area contributed by atoms with Crippen LogP contribution in [0.15, 0.2) is 22.7 Å². The minimum Gasteiger partial charge on any atom is -0.353 e. The molecule has 0 amide bonds. The van der Waals surface area contributed by atoms with Crippen LogP contribution < -0.4 is 0 Å². The van der Waals surface area contributed by atoms with Gasteiger partial charge in [0.15, 0.2) is 12.1 Å². The van der Waals surface area contributed by atoms with Gasteiger partial charge in [-0.25, -0.2) is 0 Å². The molecule has 134 valence electrons. The highest BCUT2D eigenvalue weighted by Gasteiger charge is 2.29. The van der Waals surface area contributed by atoms with E-state index < -0.39 is 5.79 Å². The molecule has 2 unspecified atom stereocenters. The molecule has 2 atom stereocenters. The first-order valence-electron chi connectivity index (χ1n) is 8.94. The van der Waals surface area contributed by atoms with E-state index in [-0.39, 0.29) is 6.29 Å². The van der Waals surface area contributed by atoms with E-state index in [9.17, 15) is 0 Å². The molecule has 0 aromatic heterocycles. The molecule has 0 radical (unpaired) electrons. The summed E-state index contributed by atoms with van der Waals surface area (Å²) in [6.07, 6.45) is 6.42. The van der Waals surface area contributed by atoms with Crippen molar-refractivity contribution in [3.63, 3.8) is 0 Å². The first-order valence-corrected chi connectivity index (χ1v) is 9.73. The van der Waals surface area contributed by atoms with Gasteiger partial charge in [0, 0.05) is 17.5 Å². The molecule has 0 spiro atoms. The maximum absolute atomic E-state index is 6.11. The first kappa shape index (κ1) is 18.3. The van der Waals surface area contributed by atoms with E-state index in [1.807, 2.05) is 19.1 Å². The zero-order chi connectivity index (χ0) is 16.8. The van der Waals surface area contributed by atoms with E-state index in [0.29, 0.717) is 13.2 Å². The van der Waals surface area contributed by atoms with E-state index in [1.54, 1.807) is 0 Å². The molecule has 0 N–H and O–H groups in total. The van der Waals surface area contributed by atoms with Crippen molar-refractivity contribution < 1.29 is 18.9 Å². The van der Waals surface area contributed by atoms with Crippen LogP contribution in [0.25, 0.3) is 0 Å². The maximum atomic E-state index is 6.11. The summed E-state index contributed by atoms with van der Waals surface area (Å²) in [5.74, 6) is -0.467. The zero-order valence-electron chi connectivity index (χ0n) is 14.4. The lowest BCUT2D eigenvalue weighted by Gasteiger charge is -2.34. The maximum Gasteiger partial charge on any atom is 0.165 e. The van der Waals surface area contributed by atoms with Gasteiger partial charge < -0.3 is 18.9 Å². The third-order valence-corrected chi connectivity index (χ3v) is 5.48. The highest BCUT2D eigenvalue weighted by Crippen LogP contribution is 2.29. The Labute approximate surface area is 152 Å². The molecule has 3 rings (SSSR count). The Kier molecular flexibility index (Phi) is 6.70. The van der Waals surface area contributed by atoms with E-state index in [4.69, 9.17) is 18.9 Å². The molecule has 1 aromatic rings. The predicted molar refractivity (Wildman–Crippen MR) is 95.5 cm³/mol. The molecule has 24 heavy (non-hydrogen) atoms. The Bertz CT molecular complexity index is 522. The molecule has 2 fully saturated rings. The molecule has 0 aliphatic carbocycles. The highest BCUT2D eigenvalue weighted by atomic mass is 79.9. The van der Waals surface area contributed by atoms with Gasteiger partial charge in [-0.3, -0.25) is 0 Å². The fourth-order valence-electron chi connectivity index (χ4n) is 3.17. The van der Waals surface area contributed by atoms with Crippen molar-refractivity contribution in [1.82, 2.24) is 0 Å². The SMILES string of the molecule is CC1(OCc2cccc(Br)c2COC2CCCCO2)CCCCO1. The van der Waals surface area contributed by atoms with Crippen molar-refractivity contribution in [3.8, 4) is 0 Å². The fraction of sp³-hybridized carbons (Fsp3) is 0.684. The molecule has 2 aliphatic heterocycles. The molecule has 4 nitrogen and oxygen atoms in total. The van der Waals surface area contributed by atoms with Gasteiger partial charge in [0.25, 0.3) is 0 Å². The molecule has 0 bridgehead atoms. The lowest BCUT2D eigenvalue weighted by molar-refractivity contribution is -0.250. The molecule has 2 heterocycles. The van der Waals surface area contributed by atoms with Crippen LogP contribution in [0.3, 0.4) is 0 Å². The molecule has 5 heteroatoms. The van der Waals surface area contributed by atoms with E-state index in [2.05, 4.69) is 22.0 Å². The molecule has 2 aliphatic rings. The summed E-state index contributed by atoms with van der Waals surface area (Å²) in [5, 5.41) is 0. The topological polar surface area (TPSA) is 36.9 Å². The molecule has 0 saturated carbocycles. The molecule has 1 aromatic carbocycles. The number of hydrogen-bond acceptors (Lipinski definition) is 4. The Balaban J connectivity index is 1.61. The smallest absolute Gasteiger partial charge is 0.165 e. The quantitative estimate of drug-likeness (QED) is 0.680. The lowest BCUT2D eigenvalue weighted by atomic mass is 10.1. The summed E-state index contributed by atoms with van der Waals surface area (Å²) in [6.45, 7) is 4.68. The van der Waals surface area contributed by atoms with Crippen LogP contribution >= 0.6 is 15.9 Å². The third-order valence-electron chi connectivity index (χ3n) is 4.73. The van der Waals surface area contributed by atoms with Gasteiger partial charge in [-0.05, 0) is 56.2 Å². The van der Waals surface area contributed by atoms with Crippen LogP contribution in [-0.2, 0) is 32.2 Å². The van der Waals surface area contributed by atoms with E-state index in [0.717, 1.165) is 60.9 Å². The average Bonchev–Trinajstić information content (AvgIpc) is 2.61. The normalized spacial score (nSPS) is 28.0. The van der Waals surface area contributed by atoms with Crippen LogP contribution in [0.4, 0.5) is 0 Å². The average molecular weight is 399 g/mol. The van der Waals surface area contributed by atoms with Crippen LogP contribution in [-0.4, -0.2) is 25.3 Å². The third kappa shape index (κ3) is 5.02. The van der Waals surface area contributed by atoms with Gasteiger partial charge in [0.1, 0.15) is 0 Å². The summed E-state index contributed by atoms with van der Waals surface area (Å²) in [5.41, 5.74) is 2.27. The van der Waals surface area contributed by atoms with Gasteiger partial charge in [-0.2, -0.15) is 0 Å². The molecular weight excluding hydrogens is 372 g/mol. The summed E-state index contributed by atoms with van der Waals surface area (Å²) < 4.78 is 24.6. The standard InChI is InChI=1S/C19H27BrO4/c1-19(10-3-5-12-23-19)24-13-15-7-6-8-17(20)16(15)14-22-18-9-2-4-11-21-18/h6-8,18H,2-5,9-14H2,1H3. The minimum atomic E-state index is -0.467. The Morgan fingerprint density at radius 2 is 2.04 bits per heavy atom. The van der Waals surface area contributed by atoms with Crippen molar-refractivity contribution in [3.05, 3.63) is 33.8 Å². The Morgan fingerprint density at radius 3 is 2.79 bits per heavy atom. The summed E-state index contributed by atoms with van der Waals surface area (Å²) in [4.78, 5) is 0. The van der Waals surface area contributed by atoms with Gasteiger partial charge in [-0.1, -0.05) is 28.1 Å². The van der Waals surface area contributed by atoms with Crippen LogP contribution in [0.2, 0.25) is 0 Å². The van der Waals surface area contributed by atoms with E-state index in [1.165, 1.54) is 6.42 Å². The van der Waals surface area contributed by atoms with Crippen molar-refractivity contribution in [2.75, 3.05) is 13.2 Å². The minimum absolute atomic E-state index is 0.0844. The highest BCUT2D eigenvalue weighted by molar-refractivity contribution is 9.10. The second-order valence-corrected chi connectivity index (χ2v) is 7.57.